The van der Waals surface area contributed by atoms with Crippen molar-refractivity contribution >= 4 is 11.6 Å². The molecule has 0 aliphatic rings. The monoisotopic (exact) mass is 296 g/mol. The average molecular weight is 297 g/mol. The van der Waals surface area contributed by atoms with Crippen LogP contribution in [0.3, 0.4) is 0 Å². The molecule has 108 valence electrons. The van der Waals surface area contributed by atoms with E-state index in [1.165, 1.54) is 0 Å². The number of hydrogen-bond donors (Lipinski definition) is 2. The summed E-state index contributed by atoms with van der Waals surface area (Å²) >= 11 is 5.73. The zero-order valence-corrected chi connectivity index (χ0v) is 11.4. The summed E-state index contributed by atoms with van der Waals surface area (Å²) in [5, 5.41) is 19.0. The fraction of sp³-hybridized carbons (Fsp3) is 0.538. The highest BCUT2D eigenvalue weighted by atomic mass is 35.5. The van der Waals surface area contributed by atoms with Gasteiger partial charge in [-0.1, -0.05) is 37.6 Å². The van der Waals surface area contributed by atoms with Crippen LogP contribution in [0.5, 0.6) is 0 Å². The van der Waals surface area contributed by atoms with E-state index < -0.39 is 30.2 Å². The molecule has 0 fully saturated rings. The molecule has 0 saturated carbocycles. The molecule has 1 aromatic rings. The number of halogens is 4. The van der Waals surface area contributed by atoms with Gasteiger partial charge in [-0.2, -0.15) is 13.2 Å². The van der Waals surface area contributed by atoms with Crippen molar-refractivity contribution in [3.05, 3.63) is 34.9 Å². The summed E-state index contributed by atoms with van der Waals surface area (Å²) in [6.45, 7) is 1.78. The van der Waals surface area contributed by atoms with Gasteiger partial charge >= 0.3 is 6.18 Å². The van der Waals surface area contributed by atoms with Gasteiger partial charge in [0, 0.05) is 5.02 Å². The predicted octanol–water partition coefficient (Wildman–Crippen LogP) is 3.29. The van der Waals surface area contributed by atoms with Crippen LogP contribution in [0.1, 0.15) is 25.8 Å². The molecule has 0 aliphatic heterocycles. The maximum atomic E-state index is 12.8. The van der Waals surface area contributed by atoms with E-state index in [0.717, 1.165) is 0 Å². The lowest BCUT2D eigenvalue weighted by Gasteiger charge is -2.36. The summed E-state index contributed by atoms with van der Waals surface area (Å²) in [6.07, 6.45) is -5.52. The van der Waals surface area contributed by atoms with Crippen molar-refractivity contribution in [2.24, 2.45) is 0 Å². The van der Waals surface area contributed by atoms with Crippen molar-refractivity contribution in [3.63, 3.8) is 0 Å². The average Bonchev–Trinajstić information content (AvgIpc) is 2.27. The highest BCUT2D eigenvalue weighted by Gasteiger charge is 2.55. The lowest BCUT2D eigenvalue weighted by Crippen LogP contribution is -2.51. The van der Waals surface area contributed by atoms with Crippen LogP contribution in [-0.2, 0) is 5.41 Å². The fourth-order valence-corrected chi connectivity index (χ4v) is 2.11. The highest BCUT2D eigenvalue weighted by Crippen LogP contribution is 2.40. The maximum Gasteiger partial charge on any atom is 0.419 e. The van der Waals surface area contributed by atoms with Gasteiger partial charge in [-0.25, -0.2) is 0 Å². The molecular weight excluding hydrogens is 281 g/mol. The Morgan fingerprint density at radius 3 is 1.95 bits per heavy atom. The summed E-state index contributed by atoms with van der Waals surface area (Å²) < 4.78 is 38.4. The fourth-order valence-electron chi connectivity index (χ4n) is 1.98. The molecule has 0 aromatic heterocycles. The summed E-state index contributed by atoms with van der Waals surface area (Å²) in [6, 6.07) is 6.36. The Hall–Kier alpha value is -0.780. The Morgan fingerprint density at radius 1 is 1.11 bits per heavy atom. The Morgan fingerprint density at radius 2 is 1.58 bits per heavy atom. The van der Waals surface area contributed by atoms with Crippen LogP contribution in [0.15, 0.2) is 24.3 Å². The summed E-state index contributed by atoms with van der Waals surface area (Å²) in [5.41, 5.74) is -3.47. The molecule has 1 rings (SSSR count). The van der Waals surface area contributed by atoms with Crippen LogP contribution in [0, 0.1) is 0 Å². The van der Waals surface area contributed by atoms with Crippen LogP contribution in [0.4, 0.5) is 13.2 Å². The number of rotatable bonds is 4. The lowest BCUT2D eigenvalue weighted by atomic mass is 9.75. The SMILES string of the molecule is CC(C)(C[C@@](O)(CO)C(F)(F)F)c1ccc(Cl)cc1. The molecule has 1 aromatic carbocycles. The normalized spacial score (nSPS) is 16.2. The maximum absolute atomic E-state index is 12.8. The van der Waals surface area contributed by atoms with Crippen LogP contribution in [-0.4, -0.2) is 28.6 Å². The van der Waals surface area contributed by atoms with Crippen molar-refractivity contribution in [3.8, 4) is 0 Å². The second kappa shape index (κ2) is 5.31. The number of aliphatic hydroxyl groups excluding tert-OH is 1. The minimum Gasteiger partial charge on any atom is -0.393 e. The lowest BCUT2D eigenvalue weighted by molar-refractivity contribution is -0.277. The molecule has 2 N–H and O–H groups in total. The quantitative estimate of drug-likeness (QED) is 0.895. The van der Waals surface area contributed by atoms with Crippen LogP contribution in [0.25, 0.3) is 0 Å². The standard InChI is InChI=1S/C13H16ClF3O2/c1-11(2,9-3-5-10(14)6-4-9)7-12(19,8-18)13(15,16)17/h3-6,18-19H,7-8H2,1-2H3/t12-/m1/s1. The molecule has 1 atom stereocenters. The number of alkyl halides is 3. The predicted molar refractivity (Wildman–Crippen MR) is 67.2 cm³/mol. The second-order valence-corrected chi connectivity index (χ2v) is 5.69. The third-order valence-corrected chi connectivity index (χ3v) is 3.40. The van der Waals surface area contributed by atoms with E-state index in [9.17, 15) is 18.3 Å². The molecule has 0 aliphatic carbocycles. The van der Waals surface area contributed by atoms with E-state index in [0.29, 0.717) is 10.6 Å². The van der Waals surface area contributed by atoms with E-state index in [1.807, 2.05) is 0 Å². The van der Waals surface area contributed by atoms with Gasteiger partial charge in [0.15, 0.2) is 5.60 Å². The minimum absolute atomic E-state index is 0.479. The van der Waals surface area contributed by atoms with E-state index in [2.05, 4.69) is 0 Å². The van der Waals surface area contributed by atoms with Crippen LogP contribution >= 0.6 is 11.6 Å². The first-order valence-corrected chi connectivity index (χ1v) is 6.06. The molecule has 2 nitrogen and oxygen atoms in total. The smallest absolute Gasteiger partial charge is 0.393 e. The molecular formula is C13H16ClF3O2. The Balaban J connectivity index is 3.04. The second-order valence-electron chi connectivity index (χ2n) is 5.26. The van der Waals surface area contributed by atoms with Crippen molar-refractivity contribution in [1.82, 2.24) is 0 Å². The van der Waals surface area contributed by atoms with Gasteiger partial charge in [-0.3, -0.25) is 0 Å². The van der Waals surface area contributed by atoms with Gasteiger partial charge in [0.2, 0.25) is 0 Å². The van der Waals surface area contributed by atoms with E-state index in [-0.39, 0.29) is 0 Å². The first-order chi connectivity index (χ1) is 8.52. The number of aliphatic hydroxyl groups is 2. The summed E-state index contributed by atoms with van der Waals surface area (Å²) in [7, 11) is 0. The molecule has 0 unspecified atom stereocenters. The molecule has 0 radical (unpaired) electrons. The largest absolute Gasteiger partial charge is 0.419 e. The van der Waals surface area contributed by atoms with E-state index in [1.54, 1.807) is 38.1 Å². The van der Waals surface area contributed by atoms with Crippen molar-refractivity contribution in [2.45, 2.75) is 37.5 Å². The first kappa shape index (κ1) is 16.3. The van der Waals surface area contributed by atoms with Gasteiger partial charge in [0.25, 0.3) is 0 Å². The van der Waals surface area contributed by atoms with Gasteiger partial charge in [0.05, 0.1) is 6.61 Å². The van der Waals surface area contributed by atoms with Crippen LogP contribution in [0.2, 0.25) is 5.02 Å². The van der Waals surface area contributed by atoms with E-state index >= 15 is 0 Å². The third-order valence-electron chi connectivity index (χ3n) is 3.15. The zero-order chi connectivity index (χ0) is 14.9. The van der Waals surface area contributed by atoms with Crippen LogP contribution < -0.4 is 0 Å². The minimum atomic E-state index is -4.88. The van der Waals surface area contributed by atoms with Gasteiger partial charge < -0.3 is 10.2 Å². The third kappa shape index (κ3) is 3.61. The van der Waals surface area contributed by atoms with Crippen molar-refractivity contribution in [2.75, 3.05) is 6.61 Å². The van der Waals surface area contributed by atoms with Gasteiger partial charge in [-0.15, -0.1) is 0 Å². The molecule has 0 spiro atoms. The Kier molecular flexibility index (Phi) is 4.55. The summed E-state index contributed by atoms with van der Waals surface area (Å²) in [4.78, 5) is 0. The van der Waals surface area contributed by atoms with Crippen molar-refractivity contribution < 1.29 is 23.4 Å². The molecule has 6 heteroatoms. The zero-order valence-electron chi connectivity index (χ0n) is 10.6. The summed E-state index contributed by atoms with van der Waals surface area (Å²) in [5.74, 6) is 0. The van der Waals surface area contributed by atoms with E-state index in [4.69, 9.17) is 16.7 Å². The number of benzene rings is 1. The van der Waals surface area contributed by atoms with Gasteiger partial charge in [0.1, 0.15) is 0 Å². The molecule has 0 amide bonds. The molecule has 0 saturated heterocycles. The Bertz CT molecular complexity index is 429. The number of hydrogen-bond acceptors (Lipinski definition) is 2. The first-order valence-electron chi connectivity index (χ1n) is 5.68. The molecule has 0 heterocycles. The van der Waals surface area contributed by atoms with Crippen molar-refractivity contribution in [1.29, 1.82) is 0 Å². The Labute approximate surface area is 114 Å². The topological polar surface area (TPSA) is 40.5 Å². The molecule has 0 bridgehead atoms. The molecule has 19 heavy (non-hydrogen) atoms. The van der Waals surface area contributed by atoms with Gasteiger partial charge in [-0.05, 0) is 29.5 Å². The highest BCUT2D eigenvalue weighted by molar-refractivity contribution is 6.30.